The fourth-order valence-electron chi connectivity index (χ4n) is 1.72. The molecule has 4 nitrogen and oxygen atoms in total. The normalized spacial score (nSPS) is 18.1. The Morgan fingerprint density at radius 3 is 2.94 bits per heavy atom. The number of aromatic nitrogens is 1. The summed E-state index contributed by atoms with van der Waals surface area (Å²) in [7, 11) is 0. The molecule has 0 atom stereocenters. The Labute approximate surface area is 102 Å². The van der Waals surface area contributed by atoms with Crippen molar-refractivity contribution in [1.29, 1.82) is 0 Å². The van der Waals surface area contributed by atoms with E-state index in [1.807, 2.05) is 6.92 Å². The van der Waals surface area contributed by atoms with Crippen molar-refractivity contribution in [2.75, 3.05) is 13.1 Å². The van der Waals surface area contributed by atoms with Crippen LogP contribution in [0, 0.1) is 0 Å². The van der Waals surface area contributed by atoms with E-state index in [0.717, 1.165) is 0 Å². The molecule has 2 heterocycles. The monoisotopic (exact) mass is 284 g/mol. The van der Waals surface area contributed by atoms with Gasteiger partial charge in [0.25, 0.3) is 5.91 Å². The lowest BCUT2D eigenvalue weighted by Crippen LogP contribution is -2.63. The number of likely N-dealkylation sites (tertiary alicyclic amines) is 1. The first-order valence-electron chi connectivity index (χ1n) is 5.18. The minimum Gasteiger partial charge on any atom is -0.386 e. The summed E-state index contributed by atoms with van der Waals surface area (Å²) in [5, 5.41) is 9.83. The van der Waals surface area contributed by atoms with Crippen LogP contribution in [0.15, 0.2) is 22.8 Å². The Morgan fingerprint density at radius 2 is 2.38 bits per heavy atom. The molecule has 5 heteroatoms. The highest BCUT2D eigenvalue weighted by Gasteiger charge is 2.42. The molecule has 16 heavy (non-hydrogen) atoms. The third kappa shape index (κ3) is 1.97. The van der Waals surface area contributed by atoms with Crippen molar-refractivity contribution >= 4 is 21.8 Å². The predicted octanol–water partition coefficient (Wildman–Crippen LogP) is 1.44. The zero-order valence-electron chi connectivity index (χ0n) is 8.98. The molecule has 1 amide bonds. The summed E-state index contributed by atoms with van der Waals surface area (Å²) in [6.45, 7) is 2.70. The topological polar surface area (TPSA) is 53.4 Å². The molecule has 0 bridgehead atoms. The minimum absolute atomic E-state index is 0.134. The Kier molecular flexibility index (Phi) is 2.99. The second kappa shape index (κ2) is 4.14. The number of hydrogen-bond acceptors (Lipinski definition) is 3. The molecule has 0 aliphatic carbocycles. The number of pyridine rings is 1. The predicted molar refractivity (Wildman–Crippen MR) is 63.1 cm³/mol. The summed E-state index contributed by atoms with van der Waals surface area (Å²) in [5.74, 6) is -0.134. The number of aliphatic hydroxyl groups is 1. The lowest BCUT2D eigenvalue weighted by Gasteiger charge is -2.45. The Hall–Kier alpha value is -0.940. The van der Waals surface area contributed by atoms with Gasteiger partial charge < -0.3 is 10.0 Å². The molecule has 2 rings (SSSR count). The molecule has 0 unspecified atom stereocenters. The number of β-amino-alcohol motifs (C(OH)–C–C–N with tert-alkyl or cyclic N) is 1. The Bertz CT molecular complexity index is 416. The molecule has 1 saturated heterocycles. The van der Waals surface area contributed by atoms with Crippen molar-refractivity contribution in [3.05, 3.63) is 28.5 Å². The molecule has 0 saturated carbocycles. The number of amides is 1. The number of hydrogen-bond donors (Lipinski definition) is 1. The van der Waals surface area contributed by atoms with E-state index in [-0.39, 0.29) is 5.91 Å². The molecule has 1 aromatic rings. The van der Waals surface area contributed by atoms with Gasteiger partial charge in [-0.25, -0.2) is 4.98 Å². The van der Waals surface area contributed by atoms with E-state index in [9.17, 15) is 9.90 Å². The zero-order chi connectivity index (χ0) is 11.8. The SMILES string of the molecule is CCC1(O)CN(C(=O)c2ncccc2Br)C1. The van der Waals surface area contributed by atoms with Gasteiger partial charge in [0, 0.05) is 10.7 Å². The third-order valence-corrected chi connectivity index (χ3v) is 3.52. The van der Waals surface area contributed by atoms with E-state index >= 15 is 0 Å². The van der Waals surface area contributed by atoms with Crippen molar-refractivity contribution in [3.63, 3.8) is 0 Å². The highest BCUT2D eigenvalue weighted by Crippen LogP contribution is 2.26. The van der Waals surface area contributed by atoms with Gasteiger partial charge in [0.1, 0.15) is 5.69 Å². The highest BCUT2D eigenvalue weighted by atomic mass is 79.9. The standard InChI is InChI=1S/C11H13BrN2O2/c1-2-11(16)6-14(7-11)10(15)9-8(12)4-3-5-13-9/h3-5,16H,2,6-7H2,1H3. The smallest absolute Gasteiger partial charge is 0.273 e. The van der Waals surface area contributed by atoms with Gasteiger partial charge in [-0.15, -0.1) is 0 Å². The zero-order valence-corrected chi connectivity index (χ0v) is 10.6. The van der Waals surface area contributed by atoms with E-state index in [0.29, 0.717) is 29.7 Å². The van der Waals surface area contributed by atoms with Crippen molar-refractivity contribution in [2.45, 2.75) is 18.9 Å². The molecular formula is C11H13BrN2O2. The van der Waals surface area contributed by atoms with Gasteiger partial charge in [0.05, 0.1) is 18.7 Å². The maximum Gasteiger partial charge on any atom is 0.273 e. The lowest BCUT2D eigenvalue weighted by molar-refractivity contribution is -0.0828. The van der Waals surface area contributed by atoms with Crippen molar-refractivity contribution in [3.8, 4) is 0 Å². The molecule has 1 fully saturated rings. The van der Waals surface area contributed by atoms with Gasteiger partial charge >= 0.3 is 0 Å². The second-order valence-electron chi connectivity index (χ2n) is 4.07. The van der Waals surface area contributed by atoms with Crippen LogP contribution in [0.5, 0.6) is 0 Å². The first kappa shape index (κ1) is 11.5. The number of halogens is 1. The van der Waals surface area contributed by atoms with E-state index in [1.165, 1.54) is 0 Å². The molecule has 0 radical (unpaired) electrons. The van der Waals surface area contributed by atoms with E-state index < -0.39 is 5.60 Å². The van der Waals surface area contributed by atoms with Crippen LogP contribution in [0.25, 0.3) is 0 Å². The first-order valence-corrected chi connectivity index (χ1v) is 5.97. The third-order valence-electron chi connectivity index (χ3n) is 2.88. The number of nitrogens with zero attached hydrogens (tertiary/aromatic N) is 2. The van der Waals surface area contributed by atoms with E-state index in [2.05, 4.69) is 20.9 Å². The molecule has 0 spiro atoms. The van der Waals surface area contributed by atoms with Gasteiger partial charge in [-0.2, -0.15) is 0 Å². The van der Waals surface area contributed by atoms with Gasteiger partial charge in [-0.1, -0.05) is 6.92 Å². The molecular weight excluding hydrogens is 272 g/mol. The van der Waals surface area contributed by atoms with Crippen LogP contribution < -0.4 is 0 Å². The average molecular weight is 285 g/mol. The summed E-state index contributed by atoms with van der Waals surface area (Å²) in [6.07, 6.45) is 2.25. The fraction of sp³-hybridized carbons (Fsp3) is 0.455. The maximum absolute atomic E-state index is 12.0. The lowest BCUT2D eigenvalue weighted by atomic mass is 9.91. The summed E-state index contributed by atoms with van der Waals surface area (Å²) >= 11 is 3.29. The maximum atomic E-state index is 12.0. The summed E-state index contributed by atoms with van der Waals surface area (Å²) in [5.41, 5.74) is -0.294. The fourth-order valence-corrected chi connectivity index (χ4v) is 2.15. The number of carbonyl (C=O) groups is 1. The number of carbonyl (C=O) groups excluding carboxylic acids is 1. The van der Waals surface area contributed by atoms with Crippen LogP contribution in [0.1, 0.15) is 23.8 Å². The van der Waals surface area contributed by atoms with E-state index in [4.69, 9.17) is 0 Å². The number of rotatable bonds is 2. The van der Waals surface area contributed by atoms with Crippen LogP contribution in [0.3, 0.4) is 0 Å². The molecule has 0 aromatic carbocycles. The van der Waals surface area contributed by atoms with Crippen LogP contribution in [-0.4, -0.2) is 39.6 Å². The Morgan fingerprint density at radius 1 is 1.69 bits per heavy atom. The van der Waals surface area contributed by atoms with Crippen LogP contribution in [0.4, 0.5) is 0 Å². The first-order chi connectivity index (χ1) is 7.56. The molecule has 1 aliphatic rings. The molecule has 1 N–H and O–H groups in total. The Balaban J connectivity index is 2.09. The van der Waals surface area contributed by atoms with Crippen molar-refractivity contribution < 1.29 is 9.90 Å². The quantitative estimate of drug-likeness (QED) is 0.894. The van der Waals surface area contributed by atoms with Gasteiger partial charge in [0.15, 0.2) is 0 Å². The largest absolute Gasteiger partial charge is 0.386 e. The van der Waals surface area contributed by atoms with E-state index in [1.54, 1.807) is 23.2 Å². The van der Waals surface area contributed by atoms with Crippen molar-refractivity contribution in [2.24, 2.45) is 0 Å². The van der Waals surface area contributed by atoms with Gasteiger partial charge in [-0.3, -0.25) is 4.79 Å². The summed E-state index contributed by atoms with van der Waals surface area (Å²) < 4.78 is 0.687. The van der Waals surface area contributed by atoms with Crippen LogP contribution >= 0.6 is 15.9 Å². The van der Waals surface area contributed by atoms with Crippen molar-refractivity contribution in [1.82, 2.24) is 9.88 Å². The van der Waals surface area contributed by atoms with Crippen LogP contribution in [-0.2, 0) is 0 Å². The highest BCUT2D eigenvalue weighted by molar-refractivity contribution is 9.10. The van der Waals surface area contributed by atoms with Gasteiger partial charge in [-0.05, 0) is 34.5 Å². The molecule has 1 aromatic heterocycles. The summed E-state index contributed by atoms with van der Waals surface area (Å²) in [4.78, 5) is 17.6. The summed E-state index contributed by atoms with van der Waals surface area (Å²) in [6, 6.07) is 3.55. The average Bonchev–Trinajstić information content (AvgIpc) is 2.24. The molecule has 1 aliphatic heterocycles. The molecule has 86 valence electrons. The minimum atomic E-state index is -0.698. The second-order valence-corrected chi connectivity index (χ2v) is 4.93. The van der Waals surface area contributed by atoms with Crippen LogP contribution in [0.2, 0.25) is 0 Å². The van der Waals surface area contributed by atoms with Gasteiger partial charge in [0.2, 0.25) is 0 Å².